The number of hydrogen-bond acceptors (Lipinski definition) is 4. The topological polar surface area (TPSA) is 59.7 Å². The summed E-state index contributed by atoms with van der Waals surface area (Å²) in [4.78, 5) is 19.9. The summed E-state index contributed by atoms with van der Waals surface area (Å²) in [6.07, 6.45) is 6.33. The van der Waals surface area contributed by atoms with Crippen molar-refractivity contribution < 1.29 is 9.53 Å². The van der Waals surface area contributed by atoms with Gasteiger partial charge in [-0.15, -0.1) is 0 Å². The minimum atomic E-state index is -0.203. The molecule has 0 amide bonds. The first-order valence-electron chi connectivity index (χ1n) is 9.88. The largest absolute Gasteiger partial charge is 0.369 e. The lowest BCUT2D eigenvalue weighted by Crippen LogP contribution is -2.18. The van der Waals surface area contributed by atoms with Gasteiger partial charge >= 0.3 is 0 Å². The third kappa shape index (κ3) is 4.65. The summed E-state index contributed by atoms with van der Waals surface area (Å²) < 4.78 is 8.28. The molecular formula is C22H21BrCl2N4O2. The number of halogens is 3. The summed E-state index contributed by atoms with van der Waals surface area (Å²) in [5.74, 6) is -0.203. The van der Waals surface area contributed by atoms with Crippen LogP contribution in [0.4, 0.5) is 5.69 Å². The van der Waals surface area contributed by atoms with Crippen molar-refractivity contribution in [2.24, 2.45) is 4.99 Å². The molecule has 6 nitrogen and oxygen atoms in total. The number of aliphatic imine (C=N–C) groups is 1. The average Bonchev–Trinajstić information content (AvgIpc) is 3.21. The SMILES string of the molecule is CN(C)/C=N/c1cc(Br)c(Cl)cc1C(=O)c1ccc(Cl)c2nn(C3CCCCO3)cc12. The second-order valence-corrected chi connectivity index (χ2v) is 9.28. The summed E-state index contributed by atoms with van der Waals surface area (Å²) in [7, 11) is 3.72. The molecule has 9 heteroatoms. The van der Waals surface area contributed by atoms with Crippen molar-refractivity contribution in [1.82, 2.24) is 14.7 Å². The highest BCUT2D eigenvalue weighted by atomic mass is 79.9. The molecule has 3 aromatic rings. The number of ketones is 1. The third-order valence-electron chi connectivity index (χ3n) is 5.05. The summed E-state index contributed by atoms with van der Waals surface area (Å²) >= 11 is 16.1. The fourth-order valence-electron chi connectivity index (χ4n) is 3.52. The van der Waals surface area contributed by atoms with Gasteiger partial charge in [-0.05, 0) is 59.5 Å². The van der Waals surface area contributed by atoms with Crippen LogP contribution in [0, 0.1) is 0 Å². The number of carbonyl (C=O) groups is 1. The van der Waals surface area contributed by atoms with Crippen molar-refractivity contribution >= 4 is 67.8 Å². The number of carbonyl (C=O) groups excluding carboxylic acids is 1. The Hall–Kier alpha value is -1.93. The first-order valence-corrected chi connectivity index (χ1v) is 11.4. The van der Waals surface area contributed by atoms with Crippen molar-refractivity contribution in [3.8, 4) is 0 Å². The number of benzene rings is 2. The molecule has 0 saturated carbocycles. The predicted molar refractivity (Wildman–Crippen MR) is 128 cm³/mol. The van der Waals surface area contributed by atoms with Crippen LogP contribution >= 0.6 is 39.1 Å². The van der Waals surface area contributed by atoms with Crippen molar-refractivity contribution in [2.45, 2.75) is 25.5 Å². The Bertz CT molecular complexity index is 1170. The van der Waals surface area contributed by atoms with Crippen LogP contribution in [0.5, 0.6) is 0 Å². The van der Waals surface area contributed by atoms with Crippen molar-refractivity contribution in [2.75, 3.05) is 20.7 Å². The van der Waals surface area contributed by atoms with E-state index in [1.165, 1.54) is 0 Å². The number of aromatic nitrogens is 2. The third-order valence-corrected chi connectivity index (χ3v) is 6.55. The summed E-state index contributed by atoms with van der Waals surface area (Å²) in [6, 6.07) is 6.78. The predicted octanol–water partition coefficient (Wildman–Crippen LogP) is 6.26. The Balaban J connectivity index is 1.82. The summed E-state index contributed by atoms with van der Waals surface area (Å²) in [5, 5.41) is 6.22. The van der Waals surface area contributed by atoms with Crippen LogP contribution in [0.1, 0.15) is 41.4 Å². The zero-order chi connectivity index (χ0) is 22.1. The molecule has 2 aromatic carbocycles. The van der Waals surface area contributed by atoms with Crippen molar-refractivity contribution in [1.29, 1.82) is 0 Å². The van der Waals surface area contributed by atoms with E-state index in [9.17, 15) is 4.79 Å². The molecule has 1 atom stereocenters. The molecule has 1 unspecified atom stereocenters. The second-order valence-electron chi connectivity index (χ2n) is 7.61. The van der Waals surface area contributed by atoms with E-state index in [-0.39, 0.29) is 12.0 Å². The molecule has 0 N–H and O–H groups in total. The Kier molecular flexibility index (Phi) is 6.67. The van der Waals surface area contributed by atoms with E-state index >= 15 is 0 Å². The second kappa shape index (κ2) is 9.28. The van der Waals surface area contributed by atoms with Gasteiger partial charge in [-0.2, -0.15) is 5.10 Å². The molecule has 0 aliphatic carbocycles. The lowest BCUT2D eigenvalue weighted by molar-refractivity contribution is -0.0390. The maximum Gasteiger partial charge on any atom is 0.195 e. The van der Waals surface area contributed by atoms with Crippen LogP contribution in [-0.4, -0.2) is 47.5 Å². The lowest BCUT2D eigenvalue weighted by atomic mass is 9.99. The molecule has 1 aromatic heterocycles. The van der Waals surface area contributed by atoms with Gasteiger partial charge in [-0.25, -0.2) is 9.67 Å². The Morgan fingerprint density at radius 2 is 2.06 bits per heavy atom. The van der Waals surface area contributed by atoms with E-state index in [0.717, 1.165) is 19.3 Å². The smallest absolute Gasteiger partial charge is 0.195 e. The quantitative estimate of drug-likeness (QED) is 0.225. The van der Waals surface area contributed by atoms with Gasteiger partial charge in [0.25, 0.3) is 0 Å². The molecule has 2 heterocycles. The number of hydrogen-bond donors (Lipinski definition) is 0. The standard InChI is InChI=1S/C22H21BrCl2N4O2/c1-28(2)12-26-19-10-16(23)18(25)9-14(19)22(30)13-6-7-17(24)21-15(13)11-29(27-21)20-5-3-4-8-31-20/h6-7,9-12,20H,3-5,8H2,1-2H3/b26-12+. The fraction of sp³-hybridized carbons (Fsp3) is 0.318. The molecule has 31 heavy (non-hydrogen) atoms. The maximum absolute atomic E-state index is 13.6. The molecule has 162 valence electrons. The van der Waals surface area contributed by atoms with Crippen LogP contribution in [0.25, 0.3) is 10.9 Å². The highest BCUT2D eigenvalue weighted by Crippen LogP contribution is 2.35. The van der Waals surface area contributed by atoms with Gasteiger partial charge in [0.1, 0.15) is 11.7 Å². The van der Waals surface area contributed by atoms with E-state index < -0.39 is 0 Å². The Morgan fingerprint density at radius 1 is 1.26 bits per heavy atom. The molecule has 4 rings (SSSR count). The molecule has 0 bridgehead atoms. The van der Waals surface area contributed by atoms with Gasteiger partial charge < -0.3 is 9.64 Å². The summed E-state index contributed by atoms with van der Waals surface area (Å²) in [5.41, 5.74) is 1.97. The molecule has 0 spiro atoms. The zero-order valence-electron chi connectivity index (χ0n) is 17.1. The van der Waals surface area contributed by atoms with Crippen molar-refractivity contribution in [3.05, 3.63) is 56.1 Å². The van der Waals surface area contributed by atoms with Crippen LogP contribution < -0.4 is 0 Å². The number of fused-ring (bicyclic) bond motifs is 1. The molecular weight excluding hydrogens is 503 g/mol. The Morgan fingerprint density at radius 3 is 2.77 bits per heavy atom. The van der Waals surface area contributed by atoms with Gasteiger partial charge in [0, 0.05) is 47.9 Å². The monoisotopic (exact) mass is 522 g/mol. The summed E-state index contributed by atoms with van der Waals surface area (Å²) in [6.45, 7) is 0.699. The van der Waals surface area contributed by atoms with E-state index in [0.29, 0.717) is 48.8 Å². The molecule has 1 fully saturated rings. The molecule has 1 saturated heterocycles. The first-order chi connectivity index (χ1) is 14.8. The lowest BCUT2D eigenvalue weighted by Gasteiger charge is -2.22. The Labute approximate surface area is 198 Å². The molecule has 0 radical (unpaired) electrons. The van der Waals surface area contributed by atoms with Crippen LogP contribution in [0.2, 0.25) is 10.0 Å². The normalized spacial score (nSPS) is 16.9. The highest BCUT2D eigenvalue weighted by molar-refractivity contribution is 9.10. The molecule has 1 aliphatic heterocycles. The number of ether oxygens (including phenoxy) is 1. The number of nitrogens with zero attached hydrogens (tertiary/aromatic N) is 4. The zero-order valence-corrected chi connectivity index (χ0v) is 20.2. The van der Waals surface area contributed by atoms with Gasteiger partial charge in [-0.1, -0.05) is 23.2 Å². The van der Waals surface area contributed by atoms with Crippen LogP contribution in [0.15, 0.2) is 39.9 Å². The molecule has 1 aliphatic rings. The van der Waals surface area contributed by atoms with Crippen molar-refractivity contribution in [3.63, 3.8) is 0 Å². The average molecular weight is 524 g/mol. The maximum atomic E-state index is 13.6. The van der Waals surface area contributed by atoms with Gasteiger partial charge in [-0.3, -0.25) is 4.79 Å². The van der Waals surface area contributed by atoms with E-state index in [2.05, 4.69) is 26.0 Å². The minimum absolute atomic E-state index is 0.150. The van der Waals surface area contributed by atoms with E-state index in [4.69, 9.17) is 27.9 Å². The van der Waals surface area contributed by atoms with Crippen LogP contribution in [0.3, 0.4) is 0 Å². The van der Waals surface area contributed by atoms with Gasteiger partial charge in [0.05, 0.1) is 22.1 Å². The van der Waals surface area contributed by atoms with Gasteiger partial charge in [0.2, 0.25) is 0 Å². The van der Waals surface area contributed by atoms with E-state index in [1.54, 1.807) is 40.2 Å². The number of rotatable bonds is 5. The highest BCUT2D eigenvalue weighted by Gasteiger charge is 2.23. The van der Waals surface area contributed by atoms with E-state index in [1.807, 2.05) is 20.3 Å². The first kappa shape index (κ1) is 22.3. The minimum Gasteiger partial charge on any atom is -0.369 e. The van der Waals surface area contributed by atoms with Gasteiger partial charge in [0.15, 0.2) is 5.78 Å². The van der Waals surface area contributed by atoms with Crippen LogP contribution in [-0.2, 0) is 4.74 Å². The fourth-order valence-corrected chi connectivity index (χ4v) is 4.21.